The summed E-state index contributed by atoms with van der Waals surface area (Å²) in [6.07, 6.45) is 1.71. The van der Waals surface area contributed by atoms with Crippen molar-refractivity contribution in [2.45, 2.75) is 13.0 Å². The third kappa shape index (κ3) is 3.81. The average Bonchev–Trinajstić information content (AvgIpc) is 2.96. The lowest BCUT2D eigenvalue weighted by Crippen LogP contribution is -2.25. The molecule has 2 N–H and O–H groups in total. The number of methoxy groups -OCH3 is 1. The molecule has 0 aliphatic rings. The van der Waals surface area contributed by atoms with Crippen LogP contribution in [-0.4, -0.2) is 45.6 Å². The Kier molecular flexibility index (Phi) is 5.07. The number of alkyl carbamates (subject to hydrolysis) is 1. The zero-order valence-corrected chi connectivity index (χ0v) is 12.0. The number of ether oxygens (including phenoxy) is 1. The summed E-state index contributed by atoms with van der Waals surface area (Å²) < 4.78 is 6.05. The van der Waals surface area contributed by atoms with E-state index in [0.717, 1.165) is 0 Å². The Labute approximate surface area is 126 Å². The van der Waals surface area contributed by atoms with Gasteiger partial charge in [0.05, 0.1) is 18.5 Å². The molecule has 0 spiro atoms. The van der Waals surface area contributed by atoms with Gasteiger partial charge in [-0.2, -0.15) is 5.10 Å². The molecule has 0 aliphatic heterocycles. The molecule has 0 radical (unpaired) electrons. The molecule has 0 bridgehead atoms. The number of rotatable bonds is 6. The molecule has 2 aromatic rings. The van der Waals surface area contributed by atoms with Gasteiger partial charge in [-0.1, -0.05) is 6.07 Å². The molecule has 0 aliphatic carbocycles. The maximum atomic E-state index is 11.1. The highest BCUT2D eigenvalue weighted by Crippen LogP contribution is 2.18. The molecule has 0 saturated carbocycles. The van der Waals surface area contributed by atoms with Crippen LogP contribution in [0.3, 0.4) is 0 Å². The zero-order valence-electron chi connectivity index (χ0n) is 12.0. The monoisotopic (exact) mass is 304 g/mol. The minimum atomic E-state index is -1.09. The first-order valence-corrected chi connectivity index (χ1v) is 6.66. The van der Waals surface area contributed by atoms with Gasteiger partial charge in [-0.15, -0.1) is 0 Å². The molecule has 22 heavy (non-hydrogen) atoms. The first-order chi connectivity index (χ1) is 10.6. The number of nitrogens with one attached hydrogen (secondary N) is 1. The van der Waals surface area contributed by atoms with E-state index < -0.39 is 12.1 Å². The lowest BCUT2D eigenvalue weighted by atomic mass is 10.2. The number of hydrogen-bond acceptors (Lipinski definition) is 5. The number of aryl methyl sites for hydroxylation is 1. The maximum Gasteiger partial charge on any atom is 0.406 e. The number of aromatic carboxylic acids is 1. The van der Waals surface area contributed by atoms with Crippen LogP contribution in [0, 0.1) is 0 Å². The fraction of sp³-hybridized carbons (Fsp3) is 0.286. The molecule has 2 aromatic heterocycles. The van der Waals surface area contributed by atoms with Gasteiger partial charge in [0.15, 0.2) is 5.69 Å². The Hall–Kier alpha value is -2.90. The van der Waals surface area contributed by atoms with Crippen molar-refractivity contribution in [1.82, 2.24) is 20.1 Å². The number of carboxylic acids is 1. The number of carbonyl (C=O) groups excluding carboxylic acids is 1. The normalized spacial score (nSPS) is 10.2. The van der Waals surface area contributed by atoms with E-state index in [4.69, 9.17) is 5.11 Å². The van der Waals surface area contributed by atoms with E-state index in [0.29, 0.717) is 30.9 Å². The molecule has 0 unspecified atom stereocenters. The van der Waals surface area contributed by atoms with Gasteiger partial charge >= 0.3 is 12.1 Å². The highest BCUT2D eigenvalue weighted by atomic mass is 16.5. The van der Waals surface area contributed by atoms with Crippen molar-refractivity contribution in [3.8, 4) is 11.4 Å². The largest absolute Gasteiger partial charge is 0.476 e. The van der Waals surface area contributed by atoms with Crippen molar-refractivity contribution in [1.29, 1.82) is 0 Å². The molecule has 0 aromatic carbocycles. The zero-order chi connectivity index (χ0) is 15.9. The van der Waals surface area contributed by atoms with E-state index >= 15 is 0 Å². The Morgan fingerprint density at radius 3 is 2.86 bits per heavy atom. The van der Waals surface area contributed by atoms with E-state index in [1.165, 1.54) is 13.2 Å². The summed E-state index contributed by atoms with van der Waals surface area (Å²) in [5.41, 5.74) is 1.22. The number of pyridine rings is 1. The van der Waals surface area contributed by atoms with Gasteiger partial charge in [0, 0.05) is 25.4 Å². The predicted molar refractivity (Wildman–Crippen MR) is 77.4 cm³/mol. The molecule has 0 atom stereocenters. The van der Waals surface area contributed by atoms with Crippen molar-refractivity contribution >= 4 is 12.1 Å². The van der Waals surface area contributed by atoms with Gasteiger partial charge in [-0.25, -0.2) is 9.59 Å². The first kappa shape index (κ1) is 15.5. The minimum Gasteiger partial charge on any atom is -0.476 e. The molecular weight excluding hydrogens is 288 g/mol. The number of hydrogen-bond donors (Lipinski definition) is 2. The van der Waals surface area contributed by atoms with Crippen LogP contribution in [0.1, 0.15) is 16.9 Å². The van der Waals surface area contributed by atoms with Crippen LogP contribution in [-0.2, 0) is 11.3 Å². The summed E-state index contributed by atoms with van der Waals surface area (Å²) in [6, 6.07) is 6.87. The van der Waals surface area contributed by atoms with E-state index in [-0.39, 0.29) is 5.69 Å². The molecular formula is C14H16N4O4. The summed E-state index contributed by atoms with van der Waals surface area (Å²) in [5.74, 6) is -1.09. The Morgan fingerprint density at radius 2 is 2.23 bits per heavy atom. The van der Waals surface area contributed by atoms with Crippen LogP contribution in [0.15, 0.2) is 30.5 Å². The predicted octanol–water partition coefficient (Wildman–Crippen LogP) is 1.39. The summed E-state index contributed by atoms with van der Waals surface area (Å²) in [6.45, 7) is 0.847. The highest BCUT2D eigenvalue weighted by Gasteiger charge is 2.15. The van der Waals surface area contributed by atoms with E-state index in [1.807, 2.05) is 6.07 Å². The third-order valence-electron chi connectivity index (χ3n) is 2.93. The van der Waals surface area contributed by atoms with Crippen molar-refractivity contribution in [3.63, 3.8) is 0 Å². The Morgan fingerprint density at radius 1 is 1.41 bits per heavy atom. The standard InChI is InChI=1S/C14H16N4O4/c1-22-14(21)16-7-4-8-18-12(9-11(17-18)13(19)20)10-5-2-3-6-15-10/h2-3,5-6,9H,4,7-8H2,1H3,(H,16,21)(H,19,20). The van der Waals surface area contributed by atoms with Gasteiger partial charge < -0.3 is 15.2 Å². The quantitative estimate of drug-likeness (QED) is 0.781. The third-order valence-corrected chi connectivity index (χ3v) is 2.93. The van der Waals surface area contributed by atoms with Crippen LogP contribution in [0.2, 0.25) is 0 Å². The van der Waals surface area contributed by atoms with Crippen molar-refractivity contribution < 1.29 is 19.4 Å². The molecule has 1 amide bonds. The fourth-order valence-corrected chi connectivity index (χ4v) is 1.90. The lowest BCUT2D eigenvalue weighted by molar-refractivity contribution is 0.0689. The molecule has 2 rings (SSSR count). The fourth-order valence-electron chi connectivity index (χ4n) is 1.90. The second-order valence-electron chi connectivity index (χ2n) is 4.43. The Balaban J connectivity index is 2.12. The van der Waals surface area contributed by atoms with Crippen LogP contribution in [0.5, 0.6) is 0 Å². The maximum absolute atomic E-state index is 11.1. The summed E-state index contributed by atoms with van der Waals surface area (Å²) >= 11 is 0. The van der Waals surface area contributed by atoms with Crippen molar-refractivity contribution in [2.24, 2.45) is 0 Å². The van der Waals surface area contributed by atoms with Crippen LogP contribution >= 0.6 is 0 Å². The molecule has 8 heteroatoms. The average molecular weight is 304 g/mol. The molecule has 0 fully saturated rings. The van der Waals surface area contributed by atoms with Gasteiger partial charge in [0.2, 0.25) is 0 Å². The minimum absolute atomic E-state index is 0.0402. The van der Waals surface area contributed by atoms with Gasteiger partial charge in [0.1, 0.15) is 0 Å². The number of amides is 1. The van der Waals surface area contributed by atoms with E-state index in [9.17, 15) is 9.59 Å². The van der Waals surface area contributed by atoms with Crippen LogP contribution in [0.4, 0.5) is 4.79 Å². The first-order valence-electron chi connectivity index (χ1n) is 6.66. The van der Waals surface area contributed by atoms with Gasteiger partial charge in [-0.05, 0) is 18.6 Å². The van der Waals surface area contributed by atoms with Gasteiger partial charge in [-0.3, -0.25) is 9.67 Å². The summed E-state index contributed by atoms with van der Waals surface area (Å²) in [5, 5.41) is 15.7. The van der Waals surface area contributed by atoms with Crippen LogP contribution in [0.25, 0.3) is 11.4 Å². The van der Waals surface area contributed by atoms with Crippen molar-refractivity contribution in [3.05, 3.63) is 36.2 Å². The van der Waals surface area contributed by atoms with Crippen molar-refractivity contribution in [2.75, 3.05) is 13.7 Å². The SMILES string of the molecule is COC(=O)NCCCn1nc(C(=O)O)cc1-c1ccccn1. The molecule has 116 valence electrons. The molecule has 8 nitrogen and oxygen atoms in total. The smallest absolute Gasteiger partial charge is 0.406 e. The lowest BCUT2D eigenvalue weighted by Gasteiger charge is -2.07. The highest BCUT2D eigenvalue weighted by molar-refractivity contribution is 5.86. The Bertz CT molecular complexity index is 654. The van der Waals surface area contributed by atoms with Crippen LogP contribution < -0.4 is 5.32 Å². The van der Waals surface area contributed by atoms with Gasteiger partial charge in [0.25, 0.3) is 0 Å². The number of carbonyl (C=O) groups is 2. The molecule has 0 saturated heterocycles. The second-order valence-corrected chi connectivity index (χ2v) is 4.43. The summed E-state index contributed by atoms with van der Waals surface area (Å²) in [4.78, 5) is 26.3. The van der Waals surface area contributed by atoms with E-state index in [1.54, 1.807) is 23.0 Å². The summed E-state index contributed by atoms with van der Waals surface area (Å²) in [7, 11) is 1.29. The molecule has 2 heterocycles. The number of aromatic nitrogens is 3. The number of nitrogens with zero attached hydrogens (tertiary/aromatic N) is 3. The topological polar surface area (TPSA) is 106 Å². The number of carboxylic acid groups (broad SMARTS) is 1. The van der Waals surface area contributed by atoms with E-state index in [2.05, 4.69) is 20.1 Å². The second kappa shape index (κ2) is 7.21.